The maximum atomic E-state index is 5.48. The van der Waals surface area contributed by atoms with Gasteiger partial charge in [-0.15, -0.1) is 0 Å². The van der Waals surface area contributed by atoms with Crippen LogP contribution in [-0.4, -0.2) is 24.2 Å². The zero-order chi connectivity index (χ0) is 10.6. The Labute approximate surface area is 91.0 Å². The molecule has 0 unspecified atom stereocenters. The molecule has 1 rings (SSSR count). The quantitative estimate of drug-likeness (QED) is 0.595. The highest BCUT2D eigenvalue weighted by Gasteiger charge is 2.04. The van der Waals surface area contributed by atoms with E-state index in [1.807, 2.05) is 26.1 Å². The Morgan fingerprint density at radius 1 is 1.57 bits per heavy atom. The van der Waals surface area contributed by atoms with Crippen LogP contribution in [0.3, 0.4) is 0 Å². The van der Waals surface area contributed by atoms with Gasteiger partial charge in [0.05, 0.1) is 6.54 Å². The summed E-state index contributed by atoms with van der Waals surface area (Å²) in [6.07, 6.45) is 0. The molecule has 3 heteroatoms. The van der Waals surface area contributed by atoms with Gasteiger partial charge in [-0.1, -0.05) is 12.2 Å². The van der Waals surface area contributed by atoms with Crippen LogP contribution in [0.1, 0.15) is 11.5 Å². The van der Waals surface area contributed by atoms with Crippen molar-refractivity contribution < 1.29 is 4.42 Å². The number of aryl methyl sites for hydroxylation is 1. The first-order valence-electron chi connectivity index (χ1n) is 4.63. The molecule has 1 aromatic heterocycles. The van der Waals surface area contributed by atoms with Gasteiger partial charge in [0.25, 0.3) is 0 Å². The van der Waals surface area contributed by atoms with Crippen molar-refractivity contribution in [1.82, 2.24) is 4.90 Å². The number of nitrogens with zero attached hydrogens (tertiary/aromatic N) is 1. The summed E-state index contributed by atoms with van der Waals surface area (Å²) in [5.74, 6) is 2.69. The molecule has 0 amide bonds. The normalized spacial score (nSPS) is 10.9. The Balaban J connectivity index is 2.41. The number of thiol groups is 1. The lowest BCUT2D eigenvalue weighted by molar-refractivity contribution is 0.313. The standard InChI is InChI=1S/C11H17NOS/c1-9(8-14)6-12(3)7-11-5-4-10(2)13-11/h4-5,14H,1,6-8H2,2-3H3. The molecule has 0 spiro atoms. The van der Waals surface area contributed by atoms with Crippen molar-refractivity contribution >= 4 is 12.6 Å². The fourth-order valence-electron chi connectivity index (χ4n) is 1.32. The second-order valence-corrected chi connectivity index (χ2v) is 3.91. The second-order valence-electron chi connectivity index (χ2n) is 3.59. The Bertz CT molecular complexity index is 306. The van der Waals surface area contributed by atoms with E-state index in [1.54, 1.807) is 0 Å². The first kappa shape index (κ1) is 11.4. The molecule has 0 aliphatic heterocycles. The summed E-state index contributed by atoms with van der Waals surface area (Å²) < 4.78 is 5.48. The van der Waals surface area contributed by atoms with Crippen LogP contribution in [0.4, 0.5) is 0 Å². The number of hydrogen-bond donors (Lipinski definition) is 1. The zero-order valence-corrected chi connectivity index (χ0v) is 9.68. The maximum absolute atomic E-state index is 5.48. The molecule has 78 valence electrons. The van der Waals surface area contributed by atoms with Crippen molar-refractivity contribution in [3.05, 3.63) is 35.8 Å². The Kier molecular flexibility index (Phi) is 4.29. The molecule has 0 aliphatic rings. The van der Waals surface area contributed by atoms with Crippen molar-refractivity contribution in [3.8, 4) is 0 Å². The van der Waals surface area contributed by atoms with Crippen molar-refractivity contribution in [3.63, 3.8) is 0 Å². The summed E-state index contributed by atoms with van der Waals surface area (Å²) >= 11 is 4.17. The van der Waals surface area contributed by atoms with Gasteiger partial charge in [-0.25, -0.2) is 0 Å². The molecule has 0 radical (unpaired) electrons. The van der Waals surface area contributed by atoms with E-state index in [-0.39, 0.29) is 0 Å². The molecule has 0 fully saturated rings. The molecule has 1 aromatic rings. The van der Waals surface area contributed by atoms with Crippen molar-refractivity contribution in [2.24, 2.45) is 0 Å². The molecule has 0 atom stereocenters. The van der Waals surface area contributed by atoms with Gasteiger partial charge < -0.3 is 4.42 Å². The van der Waals surface area contributed by atoms with Crippen LogP contribution >= 0.6 is 12.6 Å². The van der Waals surface area contributed by atoms with Crippen LogP contribution in [0.2, 0.25) is 0 Å². The highest BCUT2D eigenvalue weighted by molar-refractivity contribution is 7.80. The highest BCUT2D eigenvalue weighted by Crippen LogP contribution is 2.09. The molecule has 0 saturated heterocycles. The van der Waals surface area contributed by atoms with E-state index >= 15 is 0 Å². The summed E-state index contributed by atoms with van der Waals surface area (Å²) in [7, 11) is 2.05. The Morgan fingerprint density at radius 2 is 2.29 bits per heavy atom. The van der Waals surface area contributed by atoms with E-state index in [4.69, 9.17) is 4.42 Å². The van der Waals surface area contributed by atoms with Gasteiger partial charge in [-0.3, -0.25) is 4.90 Å². The van der Waals surface area contributed by atoms with Crippen molar-refractivity contribution in [2.75, 3.05) is 19.3 Å². The molecule has 1 heterocycles. The fourth-order valence-corrected chi connectivity index (χ4v) is 1.42. The Hall–Kier alpha value is -0.670. The maximum Gasteiger partial charge on any atom is 0.118 e. The third kappa shape index (κ3) is 3.60. The Morgan fingerprint density at radius 3 is 2.79 bits per heavy atom. The van der Waals surface area contributed by atoms with Crippen LogP contribution < -0.4 is 0 Å². The molecular formula is C11H17NOS. The first-order valence-corrected chi connectivity index (χ1v) is 5.26. The van der Waals surface area contributed by atoms with E-state index in [1.165, 1.54) is 0 Å². The second kappa shape index (κ2) is 5.27. The summed E-state index contributed by atoms with van der Waals surface area (Å²) in [6.45, 7) is 7.55. The average molecular weight is 211 g/mol. The molecule has 0 N–H and O–H groups in total. The smallest absolute Gasteiger partial charge is 0.118 e. The lowest BCUT2D eigenvalue weighted by Crippen LogP contribution is -2.20. The van der Waals surface area contributed by atoms with Crippen molar-refractivity contribution in [2.45, 2.75) is 13.5 Å². The van der Waals surface area contributed by atoms with Gasteiger partial charge in [-0.05, 0) is 26.1 Å². The molecule has 2 nitrogen and oxygen atoms in total. The van der Waals surface area contributed by atoms with Gasteiger partial charge in [0.15, 0.2) is 0 Å². The van der Waals surface area contributed by atoms with Gasteiger partial charge in [-0.2, -0.15) is 12.6 Å². The van der Waals surface area contributed by atoms with E-state index < -0.39 is 0 Å². The predicted molar refractivity (Wildman–Crippen MR) is 62.8 cm³/mol. The van der Waals surface area contributed by atoms with Gasteiger partial charge in [0, 0.05) is 12.3 Å². The lowest BCUT2D eigenvalue weighted by atomic mass is 10.3. The number of likely N-dealkylation sites (N-methyl/N-ethyl adjacent to an activating group) is 1. The van der Waals surface area contributed by atoms with Crippen LogP contribution in [0, 0.1) is 6.92 Å². The topological polar surface area (TPSA) is 16.4 Å². The number of furan rings is 1. The van der Waals surface area contributed by atoms with Crippen LogP contribution in [0.5, 0.6) is 0 Å². The lowest BCUT2D eigenvalue weighted by Gasteiger charge is -2.15. The summed E-state index contributed by atoms with van der Waals surface area (Å²) in [5.41, 5.74) is 1.12. The van der Waals surface area contributed by atoms with Crippen LogP contribution in [0.25, 0.3) is 0 Å². The molecular weight excluding hydrogens is 194 g/mol. The minimum absolute atomic E-state index is 0.738. The van der Waals surface area contributed by atoms with E-state index in [2.05, 4.69) is 24.1 Å². The van der Waals surface area contributed by atoms with E-state index in [0.29, 0.717) is 0 Å². The third-order valence-corrected chi connectivity index (χ3v) is 2.39. The van der Waals surface area contributed by atoms with Gasteiger partial charge in [0.2, 0.25) is 0 Å². The third-order valence-electron chi connectivity index (χ3n) is 1.94. The minimum Gasteiger partial charge on any atom is -0.465 e. The summed E-state index contributed by atoms with van der Waals surface area (Å²) in [5, 5.41) is 0. The molecule has 0 aromatic carbocycles. The molecule has 0 bridgehead atoms. The zero-order valence-electron chi connectivity index (χ0n) is 8.79. The van der Waals surface area contributed by atoms with Crippen molar-refractivity contribution in [1.29, 1.82) is 0 Å². The molecule has 0 saturated carbocycles. The minimum atomic E-state index is 0.738. The summed E-state index contributed by atoms with van der Waals surface area (Å²) in [4.78, 5) is 2.16. The monoisotopic (exact) mass is 211 g/mol. The fraction of sp³-hybridized carbons (Fsp3) is 0.455. The largest absolute Gasteiger partial charge is 0.465 e. The van der Waals surface area contributed by atoms with Crippen LogP contribution in [0.15, 0.2) is 28.7 Å². The molecule has 14 heavy (non-hydrogen) atoms. The van der Waals surface area contributed by atoms with Crippen LogP contribution in [-0.2, 0) is 6.54 Å². The predicted octanol–water partition coefficient (Wildman–Crippen LogP) is 2.51. The van der Waals surface area contributed by atoms with Gasteiger partial charge in [0.1, 0.15) is 11.5 Å². The number of rotatable bonds is 5. The number of hydrogen-bond acceptors (Lipinski definition) is 3. The van der Waals surface area contributed by atoms with E-state index in [0.717, 1.165) is 35.9 Å². The van der Waals surface area contributed by atoms with E-state index in [9.17, 15) is 0 Å². The SMILES string of the molecule is C=C(CS)CN(C)Cc1ccc(C)o1. The molecule has 0 aliphatic carbocycles. The van der Waals surface area contributed by atoms with Gasteiger partial charge >= 0.3 is 0 Å². The first-order chi connectivity index (χ1) is 6.61. The average Bonchev–Trinajstić information content (AvgIpc) is 2.50. The summed E-state index contributed by atoms with van der Waals surface area (Å²) in [6, 6.07) is 3.99. The highest BCUT2D eigenvalue weighted by atomic mass is 32.1.